The van der Waals surface area contributed by atoms with E-state index in [-0.39, 0.29) is 60.0 Å². The van der Waals surface area contributed by atoms with Crippen LogP contribution in [0, 0.1) is 23.7 Å². The Morgan fingerprint density at radius 1 is 1.10 bits per heavy atom. The molecule has 3 amide bonds. The summed E-state index contributed by atoms with van der Waals surface area (Å²) in [6.45, 7) is 16.1. The fourth-order valence-electron chi connectivity index (χ4n) is 7.55. The van der Waals surface area contributed by atoms with Crippen molar-refractivity contribution in [2.45, 2.75) is 123 Å². The van der Waals surface area contributed by atoms with E-state index in [1.54, 1.807) is 13.3 Å². The number of carbonyl (C=O) groups is 3. The molecule has 1 aromatic carbocycles. The molecule has 0 bridgehead atoms. The van der Waals surface area contributed by atoms with Crippen molar-refractivity contribution in [2.24, 2.45) is 23.7 Å². The zero-order valence-corrected chi connectivity index (χ0v) is 33.7. The Hall–Kier alpha value is -2.86. The lowest BCUT2D eigenvalue weighted by Crippen LogP contribution is -2.59. The van der Waals surface area contributed by atoms with Crippen LogP contribution in [-0.2, 0) is 25.5 Å². The predicted octanol–water partition coefficient (Wildman–Crippen LogP) is 6.05. The summed E-state index contributed by atoms with van der Waals surface area (Å²) in [5, 5.41) is 13.1. The molecule has 1 fully saturated rings. The lowest BCUT2D eigenvalue weighted by molar-refractivity contribution is -0.147. The maximum Gasteiger partial charge on any atom is 0.240 e. The van der Waals surface area contributed by atoms with E-state index in [0.717, 1.165) is 42.8 Å². The van der Waals surface area contributed by atoms with Gasteiger partial charge < -0.3 is 25.2 Å². The molecule has 1 saturated heterocycles. The summed E-state index contributed by atoms with van der Waals surface area (Å²) >= 11 is 1.54. The zero-order valence-electron chi connectivity index (χ0n) is 32.9. The topological polar surface area (TPSA) is 116 Å². The number of hydrogen-bond acceptors (Lipinski definition) is 8. The summed E-state index contributed by atoms with van der Waals surface area (Å²) in [6.07, 6.45) is 5.95. The first-order valence-corrected chi connectivity index (χ1v) is 19.9. The molecular weight excluding hydrogens is 661 g/mol. The fourth-order valence-corrected chi connectivity index (χ4v) is 8.24. The minimum absolute atomic E-state index is 0.0300. The first-order valence-electron chi connectivity index (χ1n) is 19.0. The molecule has 3 rings (SSSR count). The number of likely N-dealkylation sites (N-methyl/N-ethyl adjacent to an activating group) is 1. The molecule has 1 aliphatic rings. The Morgan fingerprint density at radius 3 is 2.37 bits per heavy atom. The van der Waals surface area contributed by atoms with Gasteiger partial charge in [-0.15, -0.1) is 11.3 Å². The van der Waals surface area contributed by atoms with Gasteiger partial charge in [0.05, 0.1) is 36.3 Å². The molecule has 51 heavy (non-hydrogen) atoms. The summed E-state index contributed by atoms with van der Waals surface area (Å²) in [5.41, 5.74) is 0.460. The van der Waals surface area contributed by atoms with Crippen molar-refractivity contribution in [1.82, 2.24) is 30.7 Å². The molecule has 0 spiro atoms. The molecule has 3 N–H and O–H groups in total. The van der Waals surface area contributed by atoms with Crippen molar-refractivity contribution in [3.63, 3.8) is 0 Å². The largest absolute Gasteiger partial charge is 0.379 e. The van der Waals surface area contributed by atoms with Gasteiger partial charge in [0.25, 0.3) is 0 Å². The summed E-state index contributed by atoms with van der Waals surface area (Å²) in [4.78, 5) is 50.4. The van der Waals surface area contributed by atoms with Crippen LogP contribution in [0.3, 0.4) is 0 Å². The highest BCUT2D eigenvalue weighted by molar-refractivity contribution is 7.09. The minimum atomic E-state index is -0.668. The van der Waals surface area contributed by atoms with Gasteiger partial charge in [0, 0.05) is 38.2 Å². The smallest absolute Gasteiger partial charge is 0.240 e. The van der Waals surface area contributed by atoms with Gasteiger partial charge >= 0.3 is 0 Å². The van der Waals surface area contributed by atoms with Crippen LogP contribution >= 0.6 is 11.3 Å². The summed E-state index contributed by atoms with van der Waals surface area (Å²) in [6, 6.07) is 9.28. The predicted molar refractivity (Wildman–Crippen MR) is 207 cm³/mol. The van der Waals surface area contributed by atoms with Crippen LogP contribution < -0.4 is 16.0 Å². The molecule has 7 atom stereocenters. The number of likely N-dealkylation sites (tertiary alicyclic amines) is 1. The maximum absolute atomic E-state index is 14.3. The number of rotatable bonds is 21. The van der Waals surface area contributed by atoms with E-state index in [1.165, 1.54) is 11.3 Å². The summed E-state index contributed by atoms with van der Waals surface area (Å²) < 4.78 is 6.09. The van der Waals surface area contributed by atoms with Crippen LogP contribution in [0.1, 0.15) is 104 Å². The first-order chi connectivity index (χ1) is 24.3. The monoisotopic (exact) mass is 726 g/mol. The highest BCUT2D eigenvalue weighted by Gasteiger charge is 2.46. The lowest BCUT2D eigenvalue weighted by atomic mass is 9.89. The third kappa shape index (κ3) is 11.6. The Balaban J connectivity index is 1.76. The molecule has 11 heteroatoms. The minimum Gasteiger partial charge on any atom is -0.379 e. The van der Waals surface area contributed by atoms with Crippen LogP contribution in [0.15, 0.2) is 41.9 Å². The second kappa shape index (κ2) is 20.4. The van der Waals surface area contributed by atoms with Gasteiger partial charge in [-0.2, -0.15) is 0 Å². The zero-order chi connectivity index (χ0) is 37.7. The third-order valence-corrected chi connectivity index (χ3v) is 11.7. The quantitative estimate of drug-likeness (QED) is 0.144. The van der Waals surface area contributed by atoms with Gasteiger partial charge in [-0.1, -0.05) is 85.2 Å². The number of aromatic nitrogens is 1. The van der Waals surface area contributed by atoms with Gasteiger partial charge in [-0.3, -0.25) is 19.7 Å². The van der Waals surface area contributed by atoms with Gasteiger partial charge in [0.1, 0.15) is 5.01 Å². The van der Waals surface area contributed by atoms with Crippen LogP contribution in [0.4, 0.5) is 0 Å². The van der Waals surface area contributed by atoms with Crippen molar-refractivity contribution in [3.05, 3.63) is 52.5 Å². The Kier molecular flexibility index (Phi) is 17.0. The maximum atomic E-state index is 14.3. The normalized spacial score (nSPS) is 19.8. The average Bonchev–Trinajstić information content (AvgIpc) is 3.80. The lowest BCUT2D eigenvalue weighted by Gasteiger charge is -2.43. The molecule has 2 heterocycles. The second-order valence-corrected chi connectivity index (χ2v) is 16.2. The first kappa shape index (κ1) is 42.6. The Labute approximate surface area is 311 Å². The Bertz CT molecular complexity index is 1340. The molecule has 7 unspecified atom stereocenters. The van der Waals surface area contributed by atoms with Crippen LogP contribution in [0.25, 0.3) is 0 Å². The molecule has 1 aliphatic heterocycles. The number of amides is 3. The number of methoxy groups -OCH3 is 1. The number of nitrogens with zero attached hydrogens (tertiary/aromatic N) is 3. The fraction of sp³-hybridized carbons (Fsp3) is 0.700. The van der Waals surface area contributed by atoms with Crippen molar-refractivity contribution in [1.29, 1.82) is 0 Å². The average molecular weight is 727 g/mol. The standard InChI is InChI=1S/C40H66N6O4S/c1-11-29(6)36(45(9)39(49)35(28(4)5)42-20-18-27(2)3)33(50-10)25-34(47)46-22-15-19-40(46,41-8)26-30(7)37(48)44-32(38-43-21-23-51-38)24-31-16-13-12-14-17-31/h12-14,16-17,21,23,27-30,32-33,35-36,41-42H,11,15,18-20,22,24-26H2,1-10H3,(H,44,48). The van der Waals surface area contributed by atoms with E-state index in [9.17, 15) is 14.4 Å². The van der Waals surface area contributed by atoms with Crippen LogP contribution in [0.2, 0.25) is 0 Å². The molecular formula is C40H66N6O4S. The third-order valence-electron chi connectivity index (χ3n) is 10.8. The van der Waals surface area contributed by atoms with E-state index in [1.807, 2.05) is 54.4 Å². The number of nitrogens with one attached hydrogen (secondary N) is 3. The van der Waals surface area contributed by atoms with E-state index in [0.29, 0.717) is 25.3 Å². The highest BCUT2D eigenvalue weighted by Crippen LogP contribution is 2.35. The van der Waals surface area contributed by atoms with Crippen molar-refractivity contribution < 1.29 is 19.1 Å². The SMILES string of the molecule is CCC(C)C(C(CC(=O)N1CCCC1(CC(C)C(=O)NC(Cc1ccccc1)c1nccs1)NC)OC)N(C)C(=O)C(NCCC(C)C)C(C)C. The van der Waals surface area contributed by atoms with E-state index >= 15 is 0 Å². The van der Waals surface area contributed by atoms with Crippen molar-refractivity contribution in [2.75, 3.05) is 34.3 Å². The van der Waals surface area contributed by atoms with Crippen molar-refractivity contribution >= 4 is 29.1 Å². The number of hydrogen-bond donors (Lipinski definition) is 3. The number of carbonyl (C=O) groups excluding carboxylic acids is 3. The molecule has 1 aromatic heterocycles. The van der Waals surface area contributed by atoms with Gasteiger partial charge in [-0.25, -0.2) is 4.98 Å². The number of benzene rings is 1. The Morgan fingerprint density at radius 2 is 1.80 bits per heavy atom. The molecule has 0 radical (unpaired) electrons. The van der Waals surface area contributed by atoms with Gasteiger partial charge in [0.15, 0.2) is 0 Å². The van der Waals surface area contributed by atoms with E-state index in [4.69, 9.17) is 4.74 Å². The number of ether oxygens (including phenoxy) is 1. The van der Waals surface area contributed by atoms with Gasteiger partial charge in [-0.05, 0) is 69.0 Å². The van der Waals surface area contributed by atoms with Crippen LogP contribution in [-0.4, -0.2) is 90.7 Å². The van der Waals surface area contributed by atoms with Crippen LogP contribution in [0.5, 0.6) is 0 Å². The molecule has 0 aliphatic carbocycles. The summed E-state index contributed by atoms with van der Waals surface area (Å²) in [7, 11) is 5.38. The summed E-state index contributed by atoms with van der Waals surface area (Å²) in [5.74, 6) is 0.338. The van der Waals surface area contributed by atoms with E-state index in [2.05, 4.69) is 74.6 Å². The molecule has 2 aromatic rings. The van der Waals surface area contributed by atoms with E-state index < -0.39 is 11.8 Å². The second-order valence-electron chi connectivity index (χ2n) is 15.3. The molecule has 10 nitrogen and oxygen atoms in total. The molecule has 0 saturated carbocycles. The number of thiazole rings is 1. The van der Waals surface area contributed by atoms with Gasteiger partial charge in [0.2, 0.25) is 17.7 Å². The molecule has 286 valence electrons. The highest BCUT2D eigenvalue weighted by atomic mass is 32.1. The van der Waals surface area contributed by atoms with Crippen molar-refractivity contribution in [3.8, 4) is 0 Å².